The first-order chi connectivity index (χ1) is 5.27. The van der Waals surface area contributed by atoms with Gasteiger partial charge in [-0.15, -0.1) is 0 Å². The molecular formula is C5H4IN5. The van der Waals surface area contributed by atoms with Crippen LogP contribution in [-0.2, 0) is 0 Å². The lowest BCUT2D eigenvalue weighted by atomic mass is 10.3. The first kappa shape index (κ1) is 7.04. The summed E-state index contributed by atoms with van der Waals surface area (Å²) in [4.78, 5) is 15.9. The van der Waals surface area contributed by atoms with Crippen LogP contribution in [0, 0.1) is 0 Å². The van der Waals surface area contributed by atoms with Crippen molar-refractivity contribution >= 4 is 44.2 Å². The van der Waals surface area contributed by atoms with Crippen LogP contribution in [0.4, 0.5) is 0 Å². The summed E-state index contributed by atoms with van der Waals surface area (Å²) in [6, 6.07) is 0. The Hall–Kier alpha value is -0.630. The number of fused-ring (bicyclic) bond motifs is 1. The zero-order valence-electron chi connectivity index (χ0n) is 5.40. The van der Waals surface area contributed by atoms with E-state index in [1.807, 2.05) is 0 Å². The highest BCUT2D eigenvalue weighted by Crippen LogP contribution is 2.10. The molecule has 11 heavy (non-hydrogen) atoms. The Kier molecular flexibility index (Phi) is 1.57. The van der Waals surface area contributed by atoms with Crippen LogP contribution < -0.4 is 5.73 Å². The smallest absolute Gasteiger partial charge is 0.195 e. The van der Waals surface area contributed by atoms with E-state index in [2.05, 4.69) is 42.6 Å². The number of rotatable bonds is 0. The fourth-order valence-electron chi connectivity index (χ4n) is 0.832. The number of halogens is 1. The van der Waals surface area contributed by atoms with Crippen LogP contribution in [0.3, 0.4) is 0 Å². The van der Waals surface area contributed by atoms with Crippen molar-refractivity contribution < 1.29 is 0 Å². The van der Waals surface area contributed by atoms with Gasteiger partial charge in [-0.2, -0.15) is 0 Å². The third-order valence-electron chi connectivity index (χ3n) is 1.27. The predicted octanol–water partition coefficient (Wildman–Crippen LogP) is -0.0428. The van der Waals surface area contributed by atoms with Crippen LogP contribution in [0.5, 0.6) is 0 Å². The van der Waals surface area contributed by atoms with Crippen molar-refractivity contribution in [3.05, 3.63) is 0 Å². The molecule has 1 unspecified atom stereocenters. The number of nitrogens with zero attached hydrogens (tertiary/aromatic N) is 4. The zero-order valence-corrected chi connectivity index (χ0v) is 7.56. The van der Waals surface area contributed by atoms with Gasteiger partial charge in [-0.25, -0.2) is 20.0 Å². The van der Waals surface area contributed by atoms with Crippen LogP contribution in [0.25, 0.3) is 0 Å². The lowest BCUT2D eigenvalue weighted by Crippen LogP contribution is -2.29. The quantitative estimate of drug-likeness (QED) is 0.610. The maximum absolute atomic E-state index is 5.47. The van der Waals surface area contributed by atoms with Crippen LogP contribution in [0.15, 0.2) is 20.0 Å². The fourth-order valence-corrected chi connectivity index (χ4v) is 1.50. The molecule has 1 atom stereocenters. The second-order valence-electron chi connectivity index (χ2n) is 2.01. The Morgan fingerprint density at radius 3 is 3.09 bits per heavy atom. The maximum atomic E-state index is 5.47. The third-order valence-corrected chi connectivity index (χ3v) is 2.06. The van der Waals surface area contributed by atoms with E-state index in [0.29, 0.717) is 5.84 Å². The molecule has 0 aromatic carbocycles. The van der Waals surface area contributed by atoms with Crippen molar-refractivity contribution in [2.24, 2.45) is 25.7 Å². The van der Waals surface area contributed by atoms with Gasteiger partial charge in [0.2, 0.25) is 0 Å². The summed E-state index contributed by atoms with van der Waals surface area (Å²) in [6.07, 6.45) is 0.950. The van der Waals surface area contributed by atoms with E-state index >= 15 is 0 Å². The predicted molar refractivity (Wildman–Crippen MR) is 52.8 cm³/mol. The Morgan fingerprint density at radius 2 is 2.27 bits per heavy atom. The highest BCUT2D eigenvalue weighted by atomic mass is 127. The third kappa shape index (κ3) is 1.11. The Labute approximate surface area is 76.4 Å². The van der Waals surface area contributed by atoms with Gasteiger partial charge < -0.3 is 0 Å². The molecule has 0 aromatic rings. The molecule has 0 amide bonds. The van der Waals surface area contributed by atoms with E-state index in [-0.39, 0.29) is 0 Å². The van der Waals surface area contributed by atoms with E-state index in [9.17, 15) is 0 Å². The molecule has 56 valence electrons. The van der Waals surface area contributed by atoms with E-state index < -0.39 is 6.29 Å². The standard InChI is InChI=1S/C5H4IN5/c6-3-2-4(9-1-8-2)11-5(7)10-3/h1,5H,7H2. The Bertz CT molecular complexity index is 313. The summed E-state index contributed by atoms with van der Waals surface area (Å²) in [7, 11) is 0. The summed E-state index contributed by atoms with van der Waals surface area (Å²) >= 11 is 2.07. The van der Waals surface area contributed by atoms with Gasteiger partial charge in [-0.1, -0.05) is 0 Å². The second-order valence-corrected chi connectivity index (χ2v) is 3.03. The van der Waals surface area contributed by atoms with Crippen LogP contribution >= 0.6 is 22.6 Å². The van der Waals surface area contributed by atoms with Gasteiger partial charge in [0.05, 0.1) is 0 Å². The summed E-state index contributed by atoms with van der Waals surface area (Å²) in [6.45, 7) is 0. The first-order valence-electron chi connectivity index (χ1n) is 2.95. The van der Waals surface area contributed by atoms with Crippen molar-refractivity contribution in [2.75, 3.05) is 0 Å². The summed E-state index contributed by atoms with van der Waals surface area (Å²) in [5.74, 6) is 0.594. The summed E-state index contributed by atoms with van der Waals surface area (Å²) < 4.78 is 0.776. The average Bonchev–Trinajstić information content (AvgIpc) is 2.34. The topological polar surface area (TPSA) is 75.5 Å². The highest BCUT2D eigenvalue weighted by Gasteiger charge is 2.21. The molecule has 0 radical (unpaired) electrons. The average molecular weight is 261 g/mol. The van der Waals surface area contributed by atoms with Gasteiger partial charge in [-0.3, -0.25) is 5.73 Å². The monoisotopic (exact) mass is 261 g/mol. The van der Waals surface area contributed by atoms with Crippen molar-refractivity contribution in [1.29, 1.82) is 0 Å². The van der Waals surface area contributed by atoms with Gasteiger partial charge in [0, 0.05) is 0 Å². The van der Waals surface area contributed by atoms with Gasteiger partial charge in [0.15, 0.2) is 12.1 Å². The van der Waals surface area contributed by atoms with Crippen LogP contribution in [0.2, 0.25) is 0 Å². The minimum Gasteiger partial charge on any atom is -0.291 e. The lowest BCUT2D eigenvalue weighted by Gasteiger charge is -2.09. The summed E-state index contributed by atoms with van der Waals surface area (Å²) in [5.41, 5.74) is 6.20. The molecule has 5 nitrogen and oxygen atoms in total. The SMILES string of the molecule is NC1N=C(I)C2=NC=NC2=N1. The molecule has 2 heterocycles. The molecule has 0 spiro atoms. The van der Waals surface area contributed by atoms with E-state index in [1.165, 1.54) is 6.34 Å². The van der Waals surface area contributed by atoms with Gasteiger partial charge >= 0.3 is 0 Å². The van der Waals surface area contributed by atoms with E-state index in [0.717, 1.165) is 9.43 Å². The van der Waals surface area contributed by atoms with Crippen molar-refractivity contribution in [1.82, 2.24) is 0 Å². The Morgan fingerprint density at radius 1 is 1.45 bits per heavy atom. The number of hydrogen-bond donors (Lipinski definition) is 1. The fraction of sp³-hybridized carbons (Fsp3) is 0.200. The molecule has 0 bridgehead atoms. The first-order valence-corrected chi connectivity index (χ1v) is 4.03. The molecule has 0 saturated heterocycles. The molecule has 6 heteroatoms. The molecule has 0 aromatic heterocycles. The molecule has 0 fully saturated rings. The molecule has 2 aliphatic rings. The van der Waals surface area contributed by atoms with Gasteiger partial charge in [-0.05, 0) is 22.6 Å². The minimum absolute atomic E-state index is 0.508. The summed E-state index contributed by atoms with van der Waals surface area (Å²) in [5, 5.41) is 0. The normalized spacial score (nSPS) is 27.5. The molecule has 2 rings (SSSR count). The van der Waals surface area contributed by atoms with Crippen molar-refractivity contribution in [3.8, 4) is 0 Å². The van der Waals surface area contributed by atoms with E-state index in [1.54, 1.807) is 0 Å². The number of amidine groups is 1. The number of hydrogen-bond acceptors (Lipinski definition) is 5. The minimum atomic E-state index is -0.508. The molecule has 0 aliphatic carbocycles. The zero-order chi connectivity index (χ0) is 7.84. The van der Waals surface area contributed by atoms with Gasteiger partial charge in [0.25, 0.3) is 0 Å². The maximum Gasteiger partial charge on any atom is 0.195 e. The lowest BCUT2D eigenvalue weighted by molar-refractivity contribution is 0.757. The van der Waals surface area contributed by atoms with Gasteiger partial charge in [0.1, 0.15) is 15.8 Å². The van der Waals surface area contributed by atoms with Crippen LogP contribution in [0.1, 0.15) is 0 Å². The largest absolute Gasteiger partial charge is 0.291 e. The van der Waals surface area contributed by atoms with Crippen LogP contribution in [-0.4, -0.2) is 27.9 Å². The number of nitrogens with two attached hydrogens (primary N) is 1. The number of aliphatic imine (C=N–C) groups is 4. The molecule has 0 saturated carbocycles. The second kappa shape index (κ2) is 2.45. The van der Waals surface area contributed by atoms with E-state index in [4.69, 9.17) is 5.73 Å². The molecular weight excluding hydrogens is 257 g/mol. The Balaban J connectivity index is 2.46. The molecule has 2 aliphatic heterocycles. The molecule has 2 N–H and O–H groups in total. The van der Waals surface area contributed by atoms with Crippen molar-refractivity contribution in [3.63, 3.8) is 0 Å². The van der Waals surface area contributed by atoms with Crippen molar-refractivity contribution in [2.45, 2.75) is 6.29 Å². The highest BCUT2D eigenvalue weighted by molar-refractivity contribution is 14.1.